The summed E-state index contributed by atoms with van der Waals surface area (Å²) in [6.45, 7) is 0.00813. The van der Waals surface area contributed by atoms with E-state index in [-0.39, 0.29) is 24.5 Å². The van der Waals surface area contributed by atoms with Crippen molar-refractivity contribution < 1.29 is 29.0 Å². The quantitative estimate of drug-likeness (QED) is 0.152. The fourth-order valence-corrected chi connectivity index (χ4v) is 8.04. The van der Waals surface area contributed by atoms with Crippen molar-refractivity contribution >= 4 is 35.0 Å². The van der Waals surface area contributed by atoms with Crippen LogP contribution >= 0.6 is 0 Å². The van der Waals surface area contributed by atoms with E-state index in [1.54, 1.807) is 58.5 Å². The van der Waals surface area contributed by atoms with Crippen LogP contribution in [0, 0.1) is 32.1 Å². The maximum absolute atomic E-state index is 14.5. The molecule has 0 radical (unpaired) electrons. The number of rotatable bonds is 8. The molecule has 14 nitrogen and oxygen atoms in total. The summed E-state index contributed by atoms with van der Waals surface area (Å²) in [5, 5.41) is 26.4. The molecule has 0 aliphatic carbocycles. The van der Waals surface area contributed by atoms with Gasteiger partial charge >= 0.3 is 0 Å². The van der Waals surface area contributed by atoms with Crippen LogP contribution in [0.3, 0.4) is 0 Å². The highest BCUT2D eigenvalue weighted by Gasteiger charge is 2.73. The lowest BCUT2D eigenvalue weighted by atomic mass is 9.84. The number of non-ortho nitro benzene ring substituents is 2. The molecule has 0 aromatic heterocycles. The Labute approximate surface area is 284 Å². The second-order valence-corrected chi connectivity index (χ2v) is 12.8. The molecule has 6 atom stereocenters. The maximum Gasteiger partial charge on any atom is 0.269 e. The Morgan fingerprint density at radius 2 is 0.800 bits per heavy atom. The summed E-state index contributed by atoms with van der Waals surface area (Å²) in [4.78, 5) is 82.1. The molecule has 14 heteroatoms. The number of likely N-dealkylation sites (tertiary alicyclic amines) is 2. The van der Waals surface area contributed by atoms with Gasteiger partial charge in [-0.3, -0.25) is 49.2 Å². The largest absolute Gasteiger partial charge is 0.276 e. The molecule has 4 heterocycles. The number of benzene rings is 4. The average molecular weight is 673 g/mol. The topological polar surface area (TPSA) is 168 Å². The van der Waals surface area contributed by atoms with Crippen molar-refractivity contribution in [1.82, 2.24) is 19.8 Å². The number of nitro benzene ring substituents is 2. The number of nitrogens with zero attached hydrogens (tertiary/aromatic N) is 6. The molecule has 4 amide bonds. The van der Waals surface area contributed by atoms with Crippen LogP contribution in [0.5, 0.6) is 0 Å². The fourth-order valence-electron chi connectivity index (χ4n) is 8.04. The summed E-state index contributed by atoms with van der Waals surface area (Å²) in [5.74, 6) is -4.02. The molecule has 6 unspecified atom stereocenters. The molecule has 0 saturated carbocycles. The molecule has 4 saturated heterocycles. The molecule has 4 aliphatic rings. The van der Waals surface area contributed by atoms with Gasteiger partial charge in [-0.25, -0.2) is 10.0 Å². The van der Waals surface area contributed by atoms with Gasteiger partial charge in [0.25, 0.3) is 11.4 Å². The molecule has 8 rings (SSSR count). The molecule has 4 aliphatic heterocycles. The highest BCUT2D eigenvalue weighted by atomic mass is 16.6. The van der Waals surface area contributed by atoms with Crippen molar-refractivity contribution in [1.29, 1.82) is 0 Å². The van der Waals surface area contributed by atoms with Gasteiger partial charge in [0.2, 0.25) is 23.6 Å². The summed E-state index contributed by atoms with van der Waals surface area (Å²) in [6, 6.07) is 25.2. The average Bonchev–Trinajstić information content (AvgIpc) is 3.79. The van der Waals surface area contributed by atoms with Gasteiger partial charge in [-0.2, -0.15) is 0 Å². The molecule has 50 heavy (non-hydrogen) atoms. The minimum atomic E-state index is -1.12. The molecular formula is C36H28N6O8. The molecule has 0 bridgehead atoms. The third kappa shape index (κ3) is 4.71. The first-order valence-electron chi connectivity index (χ1n) is 16.0. The van der Waals surface area contributed by atoms with E-state index in [2.05, 4.69) is 0 Å². The second-order valence-electron chi connectivity index (χ2n) is 12.8. The van der Waals surface area contributed by atoms with Crippen molar-refractivity contribution in [2.75, 3.05) is 0 Å². The molecule has 0 spiro atoms. The smallest absolute Gasteiger partial charge is 0.269 e. The third-order valence-corrected chi connectivity index (χ3v) is 10.2. The summed E-state index contributed by atoms with van der Waals surface area (Å²) in [7, 11) is 0. The maximum atomic E-state index is 14.5. The Morgan fingerprint density at radius 3 is 1.12 bits per heavy atom. The van der Waals surface area contributed by atoms with Crippen LogP contribution in [0.1, 0.15) is 34.3 Å². The van der Waals surface area contributed by atoms with Crippen LogP contribution in [-0.4, -0.2) is 65.4 Å². The lowest BCUT2D eigenvalue weighted by Gasteiger charge is -2.35. The van der Waals surface area contributed by atoms with Crippen LogP contribution in [-0.2, 0) is 32.3 Å². The Balaban J connectivity index is 1.28. The minimum absolute atomic E-state index is 0.00407. The van der Waals surface area contributed by atoms with Crippen LogP contribution in [0.15, 0.2) is 109 Å². The zero-order valence-corrected chi connectivity index (χ0v) is 26.2. The predicted octanol–water partition coefficient (Wildman–Crippen LogP) is 3.94. The van der Waals surface area contributed by atoms with E-state index in [0.717, 1.165) is 11.1 Å². The van der Waals surface area contributed by atoms with Gasteiger partial charge < -0.3 is 0 Å². The van der Waals surface area contributed by atoms with E-state index in [1.807, 2.05) is 12.1 Å². The Bertz CT molecular complexity index is 1910. The van der Waals surface area contributed by atoms with Gasteiger partial charge in [0.15, 0.2) is 0 Å². The number of nitro groups is 2. The lowest BCUT2D eigenvalue weighted by molar-refractivity contribution is -0.385. The van der Waals surface area contributed by atoms with Crippen LogP contribution in [0.4, 0.5) is 11.4 Å². The summed E-state index contributed by atoms with van der Waals surface area (Å²) in [6.07, 6.45) is 0. The Kier molecular flexibility index (Phi) is 7.35. The number of hydrogen-bond acceptors (Lipinski definition) is 10. The van der Waals surface area contributed by atoms with E-state index in [9.17, 15) is 39.4 Å². The van der Waals surface area contributed by atoms with E-state index >= 15 is 0 Å². The molecule has 4 aromatic rings. The lowest BCUT2D eigenvalue weighted by Crippen LogP contribution is -2.49. The van der Waals surface area contributed by atoms with Crippen LogP contribution < -0.4 is 0 Å². The fraction of sp³-hybridized carbons (Fsp3) is 0.222. The summed E-state index contributed by atoms with van der Waals surface area (Å²) < 4.78 is 0. The zero-order chi connectivity index (χ0) is 34.8. The number of imide groups is 2. The van der Waals surface area contributed by atoms with Gasteiger partial charge in [0.05, 0.1) is 46.9 Å². The monoisotopic (exact) mass is 672 g/mol. The molecule has 4 fully saturated rings. The first kappa shape index (κ1) is 31.2. The van der Waals surface area contributed by atoms with Gasteiger partial charge in [0, 0.05) is 24.3 Å². The first-order chi connectivity index (χ1) is 24.2. The van der Waals surface area contributed by atoms with E-state index < -0.39 is 69.5 Å². The van der Waals surface area contributed by atoms with Crippen molar-refractivity contribution in [3.05, 3.63) is 152 Å². The normalized spacial score (nSPS) is 26.0. The van der Waals surface area contributed by atoms with Crippen LogP contribution in [0.25, 0.3) is 0 Å². The molecule has 4 aromatic carbocycles. The van der Waals surface area contributed by atoms with Crippen molar-refractivity contribution in [3.63, 3.8) is 0 Å². The van der Waals surface area contributed by atoms with Gasteiger partial charge in [-0.15, -0.1) is 0 Å². The number of hydrazine groups is 1. The zero-order valence-electron chi connectivity index (χ0n) is 26.2. The van der Waals surface area contributed by atoms with Gasteiger partial charge in [-0.05, 0) is 22.3 Å². The predicted molar refractivity (Wildman–Crippen MR) is 174 cm³/mol. The number of carbonyl (C=O) groups excluding carboxylic acids is 4. The molecule has 0 N–H and O–H groups in total. The standard InChI is InChI=1S/C36H28N6O8/c43-33-27-29(23-11-15-25(16-12-23)41(47)48)40-32-28(34(44)38(36(32)46)20-22-9-5-2-6-10-22)30(24-13-17-26(18-14-24)42(49)50)39(40)31(27)35(45)37(33)19-21-7-3-1-4-8-21/h1-18,27-32H,19-20H2. The number of carbonyl (C=O) groups is 4. The van der Waals surface area contributed by atoms with Crippen molar-refractivity contribution in [2.45, 2.75) is 37.3 Å². The Morgan fingerprint density at radius 1 is 0.460 bits per heavy atom. The Hall–Kier alpha value is -6.12. The number of fused-ring (bicyclic) bond motifs is 5. The van der Waals surface area contributed by atoms with E-state index in [0.29, 0.717) is 11.1 Å². The van der Waals surface area contributed by atoms with E-state index in [1.165, 1.54) is 58.3 Å². The van der Waals surface area contributed by atoms with Crippen molar-refractivity contribution in [3.8, 4) is 0 Å². The van der Waals surface area contributed by atoms with Gasteiger partial charge in [-0.1, -0.05) is 84.9 Å². The number of amides is 4. The molecular weight excluding hydrogens is 644 g/mol. The summed E-state index contributed by atoms with van der Waals surface area (Å²) >= 11 is 0. The van der Waals surface area contributed by atoms with E-state index in [4.69, 9.17) is 0 Å². The van der Waals surface area contributed by atoms with Crippen LogP contribution in [0.2, 0.25) is 0 Å². The number of hydrogen-bond donors (Lipinski definition) is 0. The third-order valence-electron chi connectivity index (χ3n) is 10.2. The van der Waals surface area contributed by atoms with Gasteiger partial charge in [0.1, 0.15) is 12.1 Å². The highest BCUT2D eigenvalue weighted by molar-refractivity contribution is 6.10. The minimum Gasteiger partial charge on any atom is -0.276 e. The highest BCUT2D eigenvalue weighted by Crippen LogP contribution is 2.59. The first-order valence-corrected chi connectivity index (χ1v) is 16.0. The molecule has 250 valence electrons. The summed E-state index contributed by atoms with van der Waals surface area (Å²) in [5.41, 5.74) is 2.02. The SMILES string of the molecule is O=C1C2C(C(=O)N1Cc1ccccc1)N1C(c3ccc([N+](=O)[O-])cc3)C3C(=O)N(Cc4ccccc4)C(=O)C3N1C2c1ccc([N+](=O)[O-])cc1. The second kappa shape index (κ2) is 11.8. The van der Waals surface area contributed by atoms with Crippen molar-refractivity contribution in [2.24, 2.45) is 11.8 Å².